The summed E-state index contributed by atoms with van der Waals surface area (Å²) in [5.74, 6) is 0.606. The van der Waals surface area contributed by atoms with Crippen LogP contribution in [0.15, 0.2) is 60.7 Å². The first-order valence-corrected chi connectivity index (χ1v) is 10.9. The molecule has 6 nitrogen and oxygen atoms in total. The number of rotatable bonds is 7. The number of anilines is 3. The lowest BCUT2D eigenvalue weighted by Crippen LogP contribution is -2.42. The van der Waals surface area contributed by atoms with Crippen molar-refractivity contribution in [3.05, 3.63) is 66.2 Å². The second-order valence-corrected chi connectivity index (χ2v) is 8.54. The Bertz CT molecular complexity index is 1070. The molecule has 3 aromatic rings. The summed E-state index contributed by atoms with van der Waals surface area (Å²) in [5.41, 5.74) is 2.87. The van der Waals surface area contributed by atoms with E-state index in [-0.39, 0.29) is 0 Å². The Kier molecular flexibility index (Phi) is 5.06. The molecule has 0 unspecified atom stereocenters. The number of hydrogen-bond acceptors (Lipinski definition) is 5. The van der Waals surface area contributed by atoms with Gasteiger partial charge in [-0.1, -0.05) is 48.9 Å². The number of aliphatic carboxylic acids is 1. The summed E-state index contributed by atoms with van der Waals surface area (Å²) in [7, 11) is 0. The van der Waals surface area contributed by atoms with Crippen LogP contribution in [-0.2, 0) is 10.2 Å². The highest BCUT2D eigenvalue weighted by molar-refractivity contribution is 5.82. The molecule has 6 heteroatoms. The van der Waals surface area contributed by atoms with Gasteiger partial charge in [-0.25, -0.2) is 4.98 Å². The largest absolute Gasteiger partial charge is 0.481 e. The molecule has 1 aromatic heterocycles. The van der Waals surface area contributed by atoms with Crippen LogP contribution in [0.25, 0.3) is 11.3 Å². The molecule has 2 aliphatic carbocycles. The Morgan fingerprint density at radius 1 is 0.968 bits per heavy atom. The maximum absolute atomic E-state index is 11.8. The molecule has 0 radical (unpaired) electrons. The van der Waals surface area contributed by atoms with Gasteiger partial charge in [-0.05, 0) is 49.8 Å². The first kappa shape index (κ1) is 19.5. The van der Waals surface area contributed by atoms with E-state index in [0.29, 0.717) is 24.8 Å². The van der Waals surface area contributed by atoms with Gasteiger partial charge >= 0.3 is 5.97 Å². The van der Waals surface area contributed by atoms with Crippen LogP contribution in [0.5, 0.6) is 0 Å². The molecule has 1 heterocycles. The zero-order valence-corrected chi connectivity index (χ0v) is 17.3. The Hall–Kier alpha value is -3.41. The average Bonchev–Trinajstić information content (AvgIpc) is 2.71. The van der Waals surface area contributed by atoms with Gasteiger partial charge in [0.15, 0.2) is 0 Å². The van der Waals surface area contributed by atoms with E-state index < -0.39 is 11.4 Å². The Morgan fingerprint density at radius 2 is 1.71 bits per heavy atom. The predicted molar refractivity (Wildman–Crippen MR) is 122 cm³/mol. The highest BCUT2D eigenvalue weighted by Crippen LogP contribution is 2.44. The van der Waals surface area contributed by atoms with E-state index in [1.165, 1.54) is 19.3 Å². The average molecular weight is 415 g/mol. The lowest BCUT2D eigenvalue weighted by molar-refractivity contribution is -0.147. The molecule has 5 rings (SSSR count). The Labute approximate surface area is 181 Å². The molecule has 31 heavy (non-hydrogen) atoms. The lowest BCUT2D eigenvalue weighted by atomic mass is 9.64. The van der Waals surface area contributed by atoms with Crippen LogP contribution in [0, 0.1) is 0 Å². The number of aromatic nitrogens is 2. The van der Waals surface area contributed by atoms with E-state index in [2.05, 4.69) is 15.6 Å². The molecule has 0 aliphatic heterocycles. The Balaban J connectivity index is 1.41. The number of nitrogens with one attached hydrogen (secondary N) is 2. The molecule has 0 amide bonds. The maximum Gasteiger partial charge on any atom is 0.314 e. The van der Waals surface area contributed by atoms with Gasteiger partial charge in [0.2, 0.25) is 5.95 Å². The zero-order chi connectivity index (χ0) is 21.3. The summed E-state index contributed by atoms with van der Waals surface area (Å²) in [4.78, 5) is 21.2. The van der Waals surface area contributed by atoms with Crippen LogP contribution in [0.4, 0.5) is 17.5 Å². The highest BCUT2D eigenvalue weighted by Gasteiger charge is 2.45. The van der Waals surface area contributed by atoms with Gasteiger partial charge in [0.05, 0.1) is 11.1 Å². The Morgan fingerprint density at radius 3 is 2.29 bits per heavy atom. The minimum Gasteiger partial charge on any atom is -0.481 e. The van der Waals surface area contributed by atoms with Gasteiger partial charge in [-0.2, -0.15) is 4.98 Å². The predicted octanol–water partition coefficient (Wildman–Crippen LogP) is 5.36. The van der Waals surface area contributed by atoms with E-state index >= 15 is 0 Å². The molecule has 158 valence electrons. The third-order valence-electron chi connectivity index (χ3n) is 6.56. The van der Waals surface area contributed by atoms with Gasteiger partial charge in [0.25, 0.3) is 0 Å². The molecular weight excluding hydrogens is 388 g/mol. The summed E-state index contributed by atoms with van der Waals surface area (Å²) in [5, 5.41) is 16.5. The van der Waals surface area contributed by atoms with Crippen LogP contribution in [0.1, 0.15) is 44.1 Å². The van der Waals surface area contributed by atoms with Crippen molar-refractivity contribution in [2.75, 3.05) is 10.6 Å². The van der Waals surface area contributed by atoms with Gasteiger partial charge in [-0.3, -0.25) is 4.79 Å². The number of carboxylic acids is 1. The summed E-state index contributed by atoms with van der Waals surface area (Å²) in [6.07, 6.45) is 5.95. The number of nitrogens with zero attached hydrogens (tertiary/aromatic N) is 2. The van der Waals surface area contributed by atoms with Crippen molar-refractivity contribution >= 4 is 23.4 Å². The molecule has 2 fully saturated rings. The summed E-state index contributed by atoms with van der Waals surface area (Å²) < 4.78 is 0. The maximum atomic E-state index is 11.8. The molecular formula is C25H26N4O2. The van der Waals surface area contributed by atoms with Gasteiger partial charge in [0.1, 0.15) is 5.82 Å². The first-order chi connectivity index (χ1) is 15.1. The molecule has 2 saturated carbocycles. The molecule has 2 aromatic carbocycles. The van der Waals surface area contributed by atoms with Crippen LogP contribution in [-0.4, -0.2) is 27.1 Å². The van der Waals surface area contributed by atoms with Gasteiger partial charge < -0.3 is 15.7 Å². The monoisotopic (exact) mass is 414 g/mol. The van der Waals surface area contributed by atoms with E-state index in [1.807, 2.05) is 60.7 Å². The number of benzene rings is 2. The standard InChI is InChI=1S/C25H26N4O2/c30-23(31)25(14-5-15-25)18-10-12-20(13-11-18)27-24-28-21(17-6-2-1-3-7-17)16-22(29-24)26-19-8-4-9-19/h1-3,6-7,10-13,16,19H,4-5,8-9,14-15H2,(H,30,31)(H2,26,27,28,29). The second kappa shape index (κ2) is 8.02. The third-order valence-corrected chi connectivity index (χ3v) is 6.56. The van der Waals surface area contributed by atoms with Crippen LogP contribution in [0.3, 0.4) is 0 Å². The van der Waals surface area contributed by atoms with Crippen molar-refractivity contribution < 1.29 is 9.90 Å². The molecule has 0 spiro atoms. The van der Waals surface area contributed by atoms with Crippen LogP contribution < -0.4 is 10.6 Å². The van der Waals surface area contributed by atoms with Gasteiger partial charge in [-0.15, -0.1) is 0 Å². The topological polar surface area (TPSA) is 87.1 Å². The van der Waals surface area contributed by atoms with Crippen molar-refractivity contribution in [2.24, 2.45) is 0 Å². The summed E-state index contributed by atoms with van der Waals surface area (Å²) >= 11 is 0. The van der Waals surface area contributed by atoms with Crippen molar-refractivity contribution in [2.45, 2.75) is 50.0 Å². The van der Waals surface area contributed by atoms with E-state index in [4.69, 9.17) is 4.98 Å². The summed E-state index contributed by atoms with van der Waals surface area (Å²) in [6.45, 7) is 0. The molecule has 0 atom stereocenters. The fraction of sp³-hybridized carbons (Fsp3) is 0.320. The first-order valence-electron chi connectivity index (χ1n) is 10.9. The normalized spacial score (nSPS) is 17.3. The van der Waals surface area contributed by atoms with Crippen molar-refractivity contribution in [1.29, 1.82) is 0 Å². The zero-order valence-electron chi connectivity index (χ0n) is 17.3. The number of carboxylic acid groups (broad SMARTS) is 1. The quantitative estimate of drug-likeness (QED) is 0.483. The van der Waals surface area contributed by atoms with Crippen molar-refractivity contribution in [1.82, 2.24) is 9.97 Å². The second-order valence-electron chi connectivity index (χ2n) is 8.54. The van der Waals surface area contributed by atoms with E-state index in [0.717, 1.165) is 34.7 Å². The molecule has 3 N–H and O–H groups in total. The lowest BCUT2D eigenvalue weighted by Gasteiger charge is -2.38. The minimum absolute atomic E-state index is 0.473. The number of carbonyl (C=O) groups is 1. The fourth-order valence-electron chi connectivity index (χ4n) is 4.25. The highest BCUT2D eigenvalue weighted by atomic mass is 16.4. The van der Waals surface area contributed by atoms with Crippen molar-refractivity contribution in [3.8, 4) is 11.3 Å². The van der Waals surface area contributed by atoms with Gasteiger partial charge in [0, 0.05) is 23.4 Å². The summed E-state index contributed by atoms with van der Waals surface area (Å²) in [6, 6.07) is 20.2. The van der Waals surface area contributed by atoms with E-state index in [9.17, 15) is 9.90 Å². The van der Waals surface area contributed by atoms with Crippen molar-refractivity contribution in [3.63, 3.8) is 0 Å². The SMILES string of the molecule is O=C(O)C1(c2ccc(Nc3nc(NC4CCC4)cc(-c4ccccc4)n3)cc2)CCC1. The molecule has 0 saturated heterocycles. The minimum atomic E-state index is -0.731. The smallest absolute Gasteiger partial charge is 0.314 e. The molecule has 0 bridgehead atoms. The number of hydrogen-bond donors (Lipinski definition) is 3. The van der Waals surface area contributed by atoms with Crippen LogP contribution in [0.2, 0.25) is 0 Å². The third kappa shape index (κ3) is 3.85. The fourth-order valence-corrected chi connectivity index (χ4v) is 4.25. The van der Waals surface area contributed by atoms with Crippen LogP contribution >= 0.6 is 0 Å². The molecule has 2 aliphatic rings. The van der Waals surface area contributed by atoms with E-state index in [1.54, 1.807) is 0 Å².